The molecule has 0 radical (unpaired) electrons. The van der Waals surface area contributed by atoms with Crippen LogP contribution in [0.2, 0.25) is 0 Å². The maximum atomic E-state index is 8.84. The van der Waals surface area contributed by atoms with E-state index >= 15 is 0 Å². The van der Waals surface area contributed by atoms with Crippen molar-refractivity contribution in [1.82, 2.24) is 0 Å². The summed E-state index contributed by atoms with van der Waals surface area (Å²) in [5, 5.41) is 13.0. The summed E-state index contributed by atoms with van der Waals surface area (Å²) in [5.41, 5.74) is 2.42. The van der Waals surface area contributed by atoms with Gasteiger partial charge in [0.05, 0.1) is 6.61 Å². The third-order valence-electron chi connectivity index (χ3n) is 1.52. The monoisotopic (exact) mass is 156 g/mol. The Morgan fingerprint density at radius 1 is 1.40 bits per heavy atom. The van der Waals surface area contributed by atoms with Crippen molar-refractivity contribution in [3.8, 4) is 0 Å². The first-order valence-electron chi connectivity index (χ1n) is 3.53. The molecule has 0 saturated carbocycles. The van der Waals surface area contributed by atoms with E-state index < -0.39 is 0 Å². The van der Waals surface area contributed by atoms with E-state index in [4.69, 9.17) is 5.11 Å². The molecule has 1 aromatic heterocycles. The lowest BCUT2D eigenvalue weighted by atomic mass is 10.1. The Morgan fingerprint density at radius 2 is 2.10 bits per heavy atom. The maximum Gasteiger partial charge on any atom is 0.0692 e. The van der Waals surface area contributed by atoms with Crippen LogP contribution in [0.25, 0.3) is 0 Å². The van der Waals surface area contributed by atoms with Gasteiger partial charge in [-0.1, -0.05) is 13.3 Å². The van der Waals surface area contributed by atoms with E-state index in [1.807, 2.05) is 5.38 Å². The van der Waals surface area contributed by atoms with Gasteiger partial charge in [-0.2, -0.15) is 11.3 Å². The molecule has 56 valence electrons. The number of hydrogen-bond acceptors (Lipinski definition) is 2. The summed E-state index contributed by atoms with van der Waals surface area (Å²) in [4.78, 5) is 0. The Hall–Kier alpha value is -0.340. The van der Waals surface area contributed by atoms with Crippen LogP contribution >= 0.6 is 11.3 Å². The first-order chi connectivity index (χ1) is 4.88. The highest BCUT2D eigenvalue weighted by Gasteiger charge is 1.99. The SMILES string of the molecule is CCCc1cscc1CO. The summed E-state index contributed by atoms with van der Waals surface area (Å²) >= 11 is 1.67. The first kappa shape index (κ1) is 7.76. The number of aliphatic hydroxyl groups is 1. The van der Waals surface area contributed by atoms with Crippen LogP contribution in [0, 0.1) is 0 Å². The van der Waals surface area contributed by atoms with E-state index in [0.29, 0.717) is 0 Å². The Labute approximate surface area is 65.3 Å². The highest BCUT2D eigenvalue weighted by molar-refractivity contribution is 7.08. The second-order valence-corrected chi connectivity index (χ2v) is 3.07. The second kappa shape index (κ2) is 3.74. The standard InChI is InChI=1S/C8H12OS/c1-2-3-7-5-10-6-8(7)4-9/h5-6,9H,2-4H2,1H3. The molecule has 1 rings (SSSR count). The van der Waals surface area contributed by atoms with Crippen molar-refractivity contribution in [3.05, 3.63) is 21.9 Å². The zero-order chi connectivity index (χ0) is 7.40. The van der Waals surface area contributed by atoms with Gasteiger partial charge >= 0.3 is 0 Å². The largest absolute Gasteiger partial charge is 0.392 e. The summed E-state index contributed by atoms with van der Waals surface area (Å²) in [6, 6.07) is 0. The van der Waals surface area contributed by atoms with E-state index in [1.165, 1.54) is 5.56 Å². The molecule has 0 aliphatic rings. The molecule has 1 aromatic rings. The molecular weight excluding hydrogens is 144 g/mol. The minimum Gasteiger partial charge on any atom is -0.392 e. The Kier molecular flexibility index (Phi) is 2.90. The minimum atomic E-state index is 0.193. The quantitative estimate of drug-likeness (QED) is 0.711. The summed E-state index contributed by atoms with van der Waals surface area (Å²) in [6.07, 6.45) is 2.25. The van der Waals surface area contributed by atoms with Crippen molar-refractivity contribution >= 4 is 11.3 Å². The van der Waals surface area contributed by atoms with E-state index in [-0.39, 0.29) is 6.61 Å². The Balaban J connectivity index is 2.70. The predicted molar refractivity (Wildman–Crippen MR) is 44.2 cm³/mol. The van der Waals surface area contributed by atoms with Crippen molar-refractivity contribution in [2.24, 2.45) is 0 Å². The lowest BCUT2D eigenvalue weighted by Gasteiger charge is -1.96. The molecule has 0 aliphatic carbocycles. The molecule has 0 fully saturated rings. The number of aliphatic hydroxyl groups excluding tert-OH is 1. The van der Waals surface area contributed by atoms with Gasteiger partial charge in [-0.25, -0.2) is 0 Å². The molecule has 2 heteroatoms. The molecule has 0 bridgehead atoms. The molecule has 0 saturated heterocycles. The van der Waals surface area contributed by atoms with Gasteiger partial charge < -0.3 is 5.11 Å². The van der Waals surface area contributed by atoms with E-state index in [0.717, 1.165) is 18.4 Å². The van der Waals surface area contributed by atoms with Gasteiger partial charge in [-0.3, -0.25) is 0 Å². The van der Waals surface area contributed by atoms with Crippen molar-refractivity contribution < 1.29 is 5.11 Å². The third-order valence-corrected chi connectivity index (χ3v) is 2.36. The van der Waals surface area contributed by atoms with Crippen LogP contribution in [0.15, 0.2) is 10.8 Å². The van der Waals surface area contributed by atoms with Crippen LogP contribution in [0.1, 0.15) is 24.5 Å². The van der Waals surface area contributed by atoms with Crippen LogP contribution in [0.5, 0.6) is 0 Å². The number of thiophene rings is 1. The van der Waals surface area contributed by atoms with Gasteiger partial charge in [-0.15, -0.1) is 0 Å². The average molecular weight is 156 g/mol. The molecule has 0 unspecified atom stereocenters. The molecule has 0 aliphatic heterocycles. The molecule has 0 atom stereocenters. The molecule has 1 heterocycles. The topological polar surface area (TPSA) is 20.2 Å². The van der Waals surface area contributed by atoms with Gasteiger partial charge in [0.15, 0.2) is 0 Å². The van der Waals surface area contributed by atoms with E-state index in [1.54, 1.807) is 11.3 Å². The zero-order valence-electron chi connectivity index (χ0n) is 6.13. The molecular formula is C8H12OS. The van der Waals surface area contributed by atoms with Crippen molar-refractivity contribution in [1.29, 1.82) is 0 Å². The fourth-order valence-corrected chi connectivity index (χ4v) is 1.87. The van der Waals surface area contributed by atoms with Gasteiger partial charge in [0, 0.05) is 0 Å². The first-order valence-corrected chi connectivity index (χ1v) is 4.47. The number of hydrogen-bond donors (Lipinski definition) is 1. The van der Waals surface area contributed by atoms with Crippen molar-refractivity contribution in [3.63, 3.8) is 0 Å². The van der Waals surface area contributed by atoms with Gasteiger partial charge in [0.2, 0.25) is 0 Å². The summed E-state index contributed by atoms with van der Waals surface area (Å²) < 4.78 is 0. The lowest BCUT2D eigenvalue weighted by Crippen LogP contribution is -1.87. The van der Waals surface area contributed by atoms with Crippen LogP contribution in [-0.2, 0) is 13.0 Å². The molecule has 1 N–H and O–H groups in total. The molecule has 1 nitrogen and oxygen atoms in total. The minimum absolute atomic E-state index is 0.193. The van der Waals surface area contributed by atoms with Crippen LogP contribution < -0.4 is 0 Å². The van der Waals surface area contributed by atoms with Crippen molar-refractivity contribution in [2.45, 2.75) is 26.4 Å². The van der Waals surface area contributed by atoms with E-state index in [2.05, 4.69) is 12.3 Å². The normalized spacial score (nSPS) is 10.2. The second-order valence-electron chi connectivity index (χ2n) is 2.33. The Bertz CT molecular complexity index is 193. The molecule has 10 heavy (non-hydrogen) atoms. The van der Waals surface area contributed by atoms with Crippen molar-refractivity contribution in [2.75, 3.05) is 0 Å². The predicted octanol–water partition coefficient (Wildman–Crippen LogP) is 2.19. The average Bonchev–Trinajstić information content (AvgIpc) is 2.36. The molecule has 0 amide bonds. The van der Waals surface area contributed by atoms with E-state index in [9.17, 15) is 0 Å². The highest BCUT2D eigenvalue weighted by atomic mass is 32.1. The Morgan fingerprint density at radius 3 is 2.70 bits per heavy atom. The third kappa shape index (κ3) is 1.58. The fourth-order valence-electron chi connectivity index (χ4n) is 0.977. The maximum absolute atomic E-state index is 8.84. The van der Waals surface area contributed by atoms with Crippen LogP contribution in [0.3, 0.4) is 0 Å². The van der Waals surface area contributed by atoms with Gasteiger partial charge in [-0.05, 0) is 28.3 Å². The van der Waals surface area contributed by atoms with Crippen LogP contribution in [0.4, 0.5) is 0 Å². The van der Waals surface area contributed by atoms with Crippen LogP contribution in [-0.4, -0.2) is 5.11 Å². The van der Waals surface area contributed by atoms with Gasteiger partial charge in [0.25, 0.3) is 0 Å². The zero-order valence-corrected chi connectivity index (χ0v) is 6.95. The lowest BCUT2D eigenvalue weighted by molar-refractivity contribution is 0.281. The van der Waals surface area contributed by atoms with Gasteiger partial charge in [0.1, 0.15) is 0 Å². The molecule has 0 aromatic carbocycles. The summed E-state index contributed by atoms with van der Waals surface area (Å²) in [5.74, 6) is 0. The number of aryl methyl sites for hydroxylation is 1. The summed E-state index contributed by atoms with van der Waals surface area (Å²) in [6.45, 7) is 2.34. The smallest absolute Gasteiger partial charge is 0.0692 e. The highest BCUT2D eigenvalue weighted by Crippen LogP contribution is 2.16. The fraction of sp³-hybridized carbons (Fsp3) is 0.500. The molecule has 0 spiro atoms. The number of rotatable bonds is 3. The summed E-state index contributed by atoms with van der Waals surface area (Å²) in [7, 11) is 0.